The summed E-state index contributed by atoms with van der Waals surface area (Å²) < 4.78 is 39.5. The molecule has 0 unspecified atom stereocenters. The molecule has 4 nitrogen and oxygen atoms in total. The van der Waals surface area contributed by atoms with Crippen molar-refractivity contribution in [3.63, 3.8) is 0 Å². The number of hydrogen-bond acceptors (Lipinski definition) is 4. The predicted molar refractivity (Wildman–Crippen MR) is 114 cm³/mol. The molecule has 6 heteroatoms. The van der Waals surface area contributed by atoms with Gasteiger partial charge >= 0.3 is 5.97 Å². The average Bonchev–Trinajstić information content (AvgIpc) is 2.76. The third kappa shape index (κ3) is 5.35. The molecule has 0 aliphatic heterocycles. The van der Waals surface area contributed by atoms with Crippen LogP contribution in [0.25, 0.3) is 22.3 Å². The predicted octanol–water partition coefficient (Wildman–Crippen LogP) is 5.29. The maximum atomic E-state index is 14.9. The van der Waals surface area contributed by atoms with Gasteiger partial charge in [0.25, 0.3) is 0 Å². The van der Waals surface area contributed by atoms with E-state index >= 15 is 0 Å². The van der Waals surface area contributed by atoms with Crippen molar-refractivity contribution >= 4 is 5.97 Å². The van der Waals surface area contributed by atoms with Crippen molar-refractivity contribution < 1.29 is 28.2 Å². The van der Waals surface area contributed by atoms with Crippen LogP contribution in [-0.4, -0.2) is 24.3 Å². The molecule has 0 aliphatic carbocycles. The van der Waals surface area contributed by atoms with Crippen LogP contribution in [0.5, 0.6) is 5.75 Å². The van der Waals surface area contributed by atoms with Gasteiger partial charge in [-0.1, -0.05) is 49.0 Å². The van der Waals surface area contributed by atoms with Crippen molar-refractivity contribution in [1.29, 1.82) is 0 Å². The van der Waals surface area contributed by atoms with E-state index < -0.39 is 17.6 Å². The molecule has 3 rings (SSSR count). The highest BCUT2D eigenvalue weighted by Crippen LogP contribution is 2.32. The smallest absolute Gasteiger partial charge is 0.333 e. The number of aliphatic hydroxyl groups excluding tert-OH is 1. The van der Waals surface area contributed by atoms with E-state index in [0.29, 0.717) is 33.6 Å². The Morgan fingerprint density at radius 3 is 2.29 bits per heavy atom. The molecule has 0 bridgehead atoms. The maximum Gasteiger partial charge on any atom is 0.333 e. The molecule has 0 radical (unpaired) electrons. The summed E-state index contributed by atoms with van der Waals surface area (Å²) in [5, 5.41) is 9.55. The second-order valence-electron chi connectivity index (χ2n) is 6.92. The fourth-order valence-corrected chi connectivity index (χ4v) is 3.01. The normalized spacial score (nSPS) is 10.6. The van der Waals surface area contributed by atoms with Gasteiger partial charge in [0.05, 0.1) is 6.61 Å². The third-order valence-electron chi connectivity index (χ3n) is 4.62. The van der Waals surface area contributed by atoms with Crippen molar-refractivity contribution in [3.8, 4) is 28.0 Å². The van der Waals surface area contributed by atoms with Crippen LogP contribution >= 0.6 is 0 Å². The Kier molecular flexibility index (Phi) is 7.15. The summed E-state index contributed by atoms with van der Waals surface area (Å²) in [4.78, 5) is 11.4. The van der Waals surface area contributed by atoms with Gasteiger partial charge < -0.3 is 14.6 Å². The molecule has 0 aromatic heterocycles. The molecule has 0 aliphatic rings. The van der Waals surface area contributed by atoms with Crippen LogP contribution in [-0.2, 0) is 16.1 Å². The Bertz CT molecular complexity index is 1110. The summed E-state index contributed by atoms with van der Waals surface area (Å²) in [7, 11) is 0. The lowest BCUT2D eigenvalue weighted by atomic mass is 9.98. The summed E-state index contributed by atoms with van der Waals surface area (Å²) in [6, 6.07) is 15.6. The number of rotatable bonds is 8. The van der Waals surface area contributed by atoms with E-state index in [1.54, 1.807) is 55.5 Å². The topological polar surface area (TPSA) is 55.8 Å². The highest BCUT2D eigenvalue weighted by atomic mass is 19.1. The average molecular weight is 424 g/mol. The van der Waals surface area contributed by atoms with E-state index in [0.717, 1.165) is 0 Å². The van der Waals surface area contributed by atoms with Gasteiger partial charge in [0, 0.05) is 22.3 Å². The van der Waals surface area contributed by atoms with Gasteiger partial charge in [-0.05, 0) is 36.2 Å². The quantitative estimate of drug-likeness (QED) is 0.303. The zero-order valence-corrected chi connectivity index (χ0v) is 17.0. The minimum atomic E-state index is -0.517. The first kappa shape index (κ1) is 22.2. The zero-order valence-electron chi connectivity index (χ0n) is 17.0. The van der Waals surface area contributed by atoms with Gasteiger partial charge in [-0.2, -0.15) is 0 Å². The number of halogens is 2. The zero-order chi connectivity index (χ0) is 22.4. The Balaban J connectivity index is 1.81. The van der Waals surface area contributed by atoms with Crippen LogP contribution < -0.4 is 4.74 Å². The molecule has 0 saturated heterocycles. The van der Waals surface area contributed by atoms with Crippen molar-refractivity contribution in [2.24, 2.45) is 0 Å². The Morgan fingerprint density at radius 2 is 1.61 bits per heavy atom. The Morgan fingerprint density at radius 1 is 0.935 bits per heavy atom. The van der Waals surface area contributed by atoms with Gasteiger partial charge in [-0.25, -0.2) is 13.6 Å². The largest absolute Gasteiger partial charge is 0.490 e. The Hall–Kier alpha value is -3.51. The number of ether oxygens (including phenoxy) is 2. The van der Waals surface area contributed by atoms with E-state index in [2.05, 4.69) is 6.58 Å². The lowest BCUT2D eigenvalue weighted by Crippen LogP contribution is -2.13. The summed E-state index contributed by atoms with van der Waals surface area (Å²) in [6.07, 6.45) is 0. The van der Waals surface area contributed by atoms with Gasteiger partial charge in [-0.3, -0.25) is 0 Å². The van der Waals surface area contributed by atoms with Crippen LogP contribution in [0.2, 0.25) is 0 Å². The standard InChI is InChI=1S/C25H22F2O4/c1-16(2)25(29)31-12-11-30-24-14-18(7-8-19(24)15-28)21-10-9-17(13-23(21)27)20-5-3-4-6-22(20)26/h3-10,13-14,28H,1,11-12,15H2,2H3. The first-order valence-corrected chi connectivity index (χ1v) is 9.64. The van der Waals surface area contributed by atoms with Crippen LogP contribution in [0.3, 0.4) is 0 Å². The van der Waals surface area contributed by atoms with Crippen LogP contribution in [0, 0.1) is 11.6 Å². The minimum absolute atomic E-state index is 0.00644. The van der Waals surface area contributed by atoms with E-state index in [-0.39, 0.29) is 25.4 Å². The SMILES string of the molecule is C=C(C)C(=O)OCCOc1cc(-c2ccc(-c3ccccc3F)cc2F)ccc1CO. The third-order valence-corrected chi connectivity index (χ3v) is 4.62. The number of esters is 1. The van der Waals surface area contributed by atoms with Gasteiger partial charge in [0.1, 0.15) is 30.6 Å². The summed E-state index contributed by atoms with van der Waals surface area (Å²) >= 11 is 0. The van der Waals surface area contributed by atoms with Crippen molar-refractivity contribution in [3.05, 3.63) is 90.0 Å². The van der Waals surface area contributed by atoms with Gasteiger partial charge in [-0.15, -0.1) is 0 Å². The highest BCUT2D eigenvalue weighted by Gasteiger charge is 2.13. The number of hydrogen-bond donors (Lipinski definition) is 1. The molecule has 160 valence electrons. The number of aliphatic hydroxyl groups is 1. The lowest BCUT2D eigenvalue weighted by Gasteiger charge is -2.13. The molecule has 0 atom stereocenters. The molecule has 1 N–H and O–H groups in total. The molecule has 3 aromatic carbocycles. The molecule has 0 spiro atoms. The lowest BCUT2D eigenvalue weighted by molar-refractivity contribution is -0.139. The highest BCUT2D eigenvalue weighted by molar-refractivity contribution is 5.86. The first-order valence-electron chi connectivity index (χ1n) is 9.64. The second-order valence-corrected chi connectivity index (χ2v) is 6.92. The first-order chi connectivity index (χ1) is 14.9. The second kappa shape index (κ2) is 10.00. The molecule has 0 heterocycles. The molecule has 3 aromatic rings. The van der Waals surface area contributed by atoms with E-state index in [9.17, 15) is 18.7 Å². The van der Waals surface area contributed by atoms with E-state index in [1.807, 2.05) is 0 Å². The minimum Gasteiger partial charge on any atom is -0.490 e. The summed E-state index contributed by atoms with van der Waals surface area (Å²) in [5.74, 6) is -1.11. The fourth-order valence-electron chi connectivity index (χ4n) is 3.01. The van der Waals surface area contributed by atoms with Crippen LogP contribution in [0.15, 0.2) is 72.8 Å². The molecule has 0 saturated carbocycles. The number of benzene rings is 3. The molecule has 31 heavy (non-hydrogen) atoms. The summed E-state index contributed by atoms with van der Waals surface area (Å²) in [6.45, 7) is 4.84. The number of carbonyl (C=O) groups excluding carboxylic acids is 1. The Labute approximate surface area is 179 Å². The van der Waals surface area contributed by atoms with Crippen LogP contribution in [0.4, 0.5) is 8.78 Å². The van der Waals surface area contributed by atoms with Crippen molar-refractivity contribution in [2.45, 2.75) is 13.5 Å². The van der Waals surface area contributed by atoms with Crippen LogP contribution in [0.1, 0.15) is 12.5 Å². The van der Waals surface area contributed by atoms with Gasteiger partial charge in [0.2, 0.25) is 0 Å². The van der Waals surface area contributed by atoms with Crippen molar-refractivity contribution in [2.75, 3.05) is 13.2 Å². The monoisotopic (exact) mass is 424 g/mol. The van der Waals surface area contributed by atoms with E-state index in [1.165, 1.54) is 12.1 Å². The van der Waals surface area contributed by atoms with Gasteiger partial charge in [0.15, 0.2) is 0 Å². The number of carbonyl (C=O) groups is 1. The van der Waals surface area contributed by atoms with E-state index in [4.69, 9.17) is 9.47 Å². The van der Waals surface area contributed by atoms with Crippen molar-refractivity contribution in [1.82, 2.24) is 0 Å². The maximum absolute atomic E-state index is 14.9. The molecule has 0 amide bonds. The summed E-state index contributed by atoms with van der Waals surface area (Å²) in [5.41, 5.74) is 2.39. The molecule has 0 fully saturated rings. The molecular formula is C25H22F2O4. The molecular weight excluding hydrogens is 402 g/mol. The fraction of sp³-hybridized carbons (Fsp3) is 0.160.